The van der Waals surface area contributed by atoms with Crippen molar-refractivity contribution in [1.82, 2.24) is 14.8 Å². The minimum absolute atomic E-state index is 0.0264. The van der Waals surface area contributed by atoms with Gasteiger partial charge in [-0.05, 0) is 31.2 Å². The van der Waals surface area contributed by atoms with Crippen molar-refractivity contribution in [2.24, 2.45) is 7.05 Å². The van der Waals surface area contributed by atoms with Gasteiger partial charge in [0.05, 0.1) is 17.7 Å². The number of sulfonamides is 1. The van der Waals surface area contributed by atoms with Crippen molar-refractivity contribution in [3.8, 4) is 0 Å². The van der Waals surface area contributed by atoms with Crippen molar-refractivity contribution in [1.29, 1.82) is 0 Å². The molecule has 0 fully saturated rings. The molecule has 2 rings (SSSR count). The lowest BCUT2D eigenvalue weighted by atomic mass is 10.1. The van der Waals surface area contributed by atoms with E-state index in [1.54, 1.807) is 6.92 Å². The van der Waals surface area contributed by atoms with E-state index in [0.717, 1.165) is 22.6 Å². The van der Waals surface area contributed by atoms with Gasteiger partial charge in [0.2, 0.25) is 15.8 Å². The quantitative estimate of drug-likeness (QED) is 0.504. The number of aromatic nitrogens is 3. The second-order valence-electron chi connectivity index (χ2n) is 5.55. The Balaban J connectivity index is 2.08. The molecule has 0 N–H and O–H groups in total. The number of Topliss-reactive ketones (excluding diaryl/α,β-unsaturated/α-hetero) is 1. The highest BCUT2D eigenvalue weighted by molar-refractivity contribution is 7.99. The van der Waals surface area contributed by atoms with Gasteiger partial charge in [-0.2, -0.15) is 13.2 Å². The van der Waals surface area contributed by atoms with Crippen molar-refractivity contribution in [2.45, 2.75) is 18.3 Å². The summed E-state index contributed by atoms with van der Waals surface area (Å²) in [6, 6.07) is 5.97. The first-order valence-corrected chi connectivity index (χ1v) is 10.5. The van der Waals surface area contributed by atoms with E-state index in [1.807, 2.05) is 0 Å². The molecule has 0 spiro atoms. The molecule has 0 bridgehead atoms. The third kappa shape index (κ3) is 5.01. The van der Waals surface area contributed by atoms with E-state index in [9.17, 15) is 26.4 Å². The van der Waals surface area contributed by atoms with Crippen molar-refractivity contribution in [3.63, 3.8) is 0 Å². The van der Waals surface area contributed by atoms with Gasteiger partial charge in [0.25, 0.3) is 0 Å². The molecular formula is C15H17F3N4O3S2. The van der Waals surface area contributed by atoms with E-state index < -0.39 is 22.0 Å². The van der Waals surface area contributed by atoms with Crippen LogP contribution in [0.3, 0.4) is 0 Å². The Kier molecular flexibility index (Phi) is 6.20. The molecule has 27 heavy (non-hydrogen) atoms. The van der Waals surface area contributed by atoms with Gasteiger partial charge in [0.1, 0.15) is 0 Å². The lowest BCUT2D eigenvalue weighted by molar-refractivity contribution is -0.147. The standard InChI is InChI=1S/C15H17F3N4O3S2/c1-4-22(27(3,24)25)11-7-5-10(6-8-11)12(23)9-26-14-20-19-13(21(14)2)15(16,17)18/h5-8H,4,9H2,1-3H3. The molecule has 0 radical (unpaired) electrons. The fourth-order valence-electron chi connectivity index (χ4n) is 2.32. The van der Waals surface area contributed by atoms with Crippen LogP contribution in [-0.2, 0) is 23.2 Å². The van der Waals surface area contributed by atoms with Gasteiger partial charge in [0.15, 0.2) is 10.9 Å². The number of rotatable bonds is 7. The van der Waals surface area contributed by atoms with Crippen molar-refractivity contribution < 1.29 is 26.4 Å². The van der Waals surface area contributed by atoms with Crippen molar-refractivity contribution >= 4 is 33.3 Å². The SMILES string of the molecule is CCN(c1ccc(C(=O)CSc2nnc(C(F)(F)F)n2C)cc1)S(C)(=O)=O. The summed E-state index contributed by atoms with van der Waals surface area (Å²) in [6.45, 7) is 1.93. The van der Waals surface area contributed by atoms with Gasteiger partial charge in [-0.1, -0.05) is 11.8 Å². The van der Waals surface area contributed by atoms with Crippen LogP contribution in [0.15, 0.2) is 29.4 Å². The molecule has 12 heteroatoms. The molecule has 148 valence electrons. The van der Waals surface area contributed by atoms with Crippen LogP contribution in [-0.4, -0.2) is 47.5 Å². The van der Waals surface area contributed by atoms with Gasteiger partial charge in [-0.25, -0.2) is 8.42 Å². The summed E-state index contributed by atoms with van der Waals surface area (Å²) >= 11 is 0.840. The molecule has 0 aliphatic heterocycles. The average Bonchev–Trinajstić information content (AvgIpc) is 2.93. The lowest BCUT2D eigenvalue weighted by Crippen LogP contribution is -2.29. The number of ketones is 1. The Morgan fingerprint density at radius 1 is 1.22 bits per heavy atom. The Labute approximate surface area is 158 Å². The summed E-state index contributed by atoms with van der Waals surface area (Å²) in [7, 11) is -2.25. The smallest absolute Gasteiger partial charge is 0.302 e. The summed E-state index contributed by atoms with van der Waals surface area (Å²) in [5.41, 5.74) is 0.737. The number of carbonyl (C=O) groups excluding carboxylic acids is 1. The monoisotopic (exact) mass is 422 g/mol. The van der Waals surface area contributed by atoms with Gasteiger partial charge >= 0.3 is 6.18 Å². The fraction of sp³-hybridized carbons (Fsp3) is 0.400. The maximum atomic E-state index is 12.7. The van der Waals surface area contributed by atoms with Gasteiger partial charge in [0, 0.05) is 19.2 Å². The molecule has 0 saturated carbocycles. The second kappa shape index (κ2) is 7.89. The average molecular weight is 422 g/mol. The van der Waals surface area contributed by atoms with Gasteiger partial charge < -0.3 is 4.57 Å². The molecular weight excluding hydrogens is 405 g/mol. The van der Waals surface area contributed by atoms with Crippen LogP contribution in [0.2, 0.25) is 0 Å². The minimum atomic E-state index is -4.62. The summed E-state index contributed by atoms with van der Waals surface area (Å²) in [6.07, 6.45) is -3.53. The Morgan fingerprint density at radius 3 is 2.26 bits per heavy atom. The van der Waals surface area contributed by atoms with Gasteiger partial charge in [-0.15, -0.1) is 10.2 Å². The van der Waals surface area contributed by atoms with Crippen LogP contribution in [0, 0.1) is 0 Å². The number of hydrogen-bond acceptors (Lipinski definition) is 6. The molecule has 0 atom stereocenters. The third-order valence-corrected chi connectivity index (χ3v) is 5.88. The van der Waals surface area contributed by atoms with Crippen LogP contribution in [0.25, 0.3) is 0 Å². The van der Waals surface area contributed by atoms with E-state index in [-0.39, 0.29) is 23.2 Å². The van der Waals surface area contributed by atoms with E-state index in [1.165, 1.54) is 35.6 Å². The molecule has 1 aromatic heterocycles. The van der Waals surface area contributed by atoms with Crippen LogP contribution >= 0.6 is 11.8 Å². The number of halogens is 3. The number of thioether (sulfide) groups is 1. The minimum Gasteiger partial charge on any atom is -0.302 e. The molecule has 0 aliphatic carbocycles. The summed E-state index contributed by atoms with van der Waals surface area (Å²) in [4.78, 5) is 12.2. The topological polar surface area (TPSA) is 85.2 Å². The first kappa shape index (κ1) is 21.2. The maximum absolute atomic E-state index is 12.7. The Hall–Kier alpha value is -2.08. The van der Waals surface area contributed by atoms with E-state index in [4.69, 9.17) is 0 Å². The summed E-state index contributed by atoms with van der Waals surface area (Å²) in [5.74, 6) is -1.60. The maximum Gasteiger partial charge on any atom is 0.451 e. The number of hydrogen-bond donors (Lipinski definition) is 0. The fourth-order valence-corrected chi connectivity index (χ4v) is 4.10. The lowest BCUT2D eigenvalue weighted by Gasteiger charge is -2.20. The first-order valence-electron chi connectivity index (χ1n) is 7.65. The van der Waals surface area contributed by atoms with Crippen molar-refractivity contribution in [2.75, 3.05) is 22.9 Å². The molecule has 1 aromatic carbocycles. The zero-order chi connectivity index (χ0) is 20.4. The van der Waals surface area contributed by atoms with Crippen LogP contribution in [0.4, 0.5) is 18.9 Å². The van der Waals surface area contributed by atoms with Gasteiger partial charge in [-0.3, -0.25) is 9.10 Å². The van der Waals surface area contributed by atoms with E-state index in [2.05, 4.69) is 10.2 Å². The largest absolute Gasteiger partial charge is 0.451 e. The summed E-state index contributed by atoms with van der Waals surface area (Å²) < 4.78 is 63.5. The van der Waals surface area contributed by atoms with Crippen LogP contribution in [0.5, 0.6) is 0 Å². The zero-order valence-corrected chi connectivity index (χ0v) is 16.3. The normalized spacial score (nSPS) is 12.2. The number of anilines is 1. The highest BCUT2D eigenvalue weighted by atomic mass is 32.2. The number of benzene rings is 1. The predicted molar refractivity (Wildman–Crippen MR) is 95.4 cm³/mol. The molecule has 0 unspecified atom stereocenters. The highest BCUT2D eigenvalue weighted by Crippen LogP contribution is 2.29. The first-order chi connectivity index (χ1) is 12.4. The summed E-state index contributed by atoms with van der Waals surface area (Å²) in [5, 5.41) is 6.52. The number of alkyl halides is 3. The molecule has 0 amide bonds. The highest BCUT2D eigenvalue weighted by Gasteiger charge is 2.37. The zero-order valence-electron chi connectivity index (χ0n) is 14.7. The second-order valence-corrected chi connectivity index (χ2v) is 8.40. The number of carbonyl (C=O) groups is 1. The Bertz CT molecular complexity index is 925. The van der Waals surface area contributed by atoms with Crippen LogP contribution in [0.1, 0.15) is 23.1 Å². The Morgan fingerprint density at radius 2 is 1.81 bits per heavy atom. The third-order valence-electron chi connectivity index (χ3n) is 3.59. The molecule has 0 saturated heterocycles. The van der Waals surface area contributed by atoms with E-state index >= 15 is 0 Å². The molecule has 7 nitrogen and oxygen atoms in total. The van der Waals surface area contributed by atoms with Crippen LogP contribution < -0.4 is 4.31 Å². The molecule has 2 aromatic rings. The number of nitrogens with zero attached hydrogens (tertiary/aromatic N) is 4. The predicted octanol–water partition coefficient (Wildman–Crippen LogP) is 2.59. The van der Waals surface area contributed by atoms with E-state index in [0.29, 0.717) is 11.3 Å². The molecule has 0 aliphatic rings. The van der Waals surface area contributed by atoms with Crippen molar-refractivity contribution in [3.05, 3.63) is 35.7 Å². The molecule has 1 heterocycles.